The van der Waals surface area contributed by atoms with Crippen LogP contribution in [0.25, 0.3) is 10.8 Å². The van der Waals surface area contributed by atoms with E-state index in [9.17, 15) is 4.39 Å². The molecule has 3 aromatic rings. The van der Waals surface area contributed by atoms with Gasteiger partial charge in [0.1, 0.15) is 5.82 Å². The van der Waals surface area contributed by atoms with Crippen molar-refractivity contribution >= 4 is 10.8 Å². The van der Waals surface area contributed by atoms with Gasteiger partial charge in [-0.1, -0.05) is 60.7 Å². The van der Waals surface area contributed by atoms with Crippen molar-refractivity contribution in [2.24, 2.45) is 5.73 Å². The number of nitrogens with two attached hydrogens (primary N) is 1. The topological polar surface area (TPSA) is 26.0 Å². The number of hydrogen-bond acceptors (Lipinski definition) is 1. The minimum atomic E-state index is -0.210. The molecule has 1 atom stereocenters. The third-order valence-electron chi connectivity index (χ3n) is 3.62. The molecule has 0 saturated heterocycles. The lowest BCUT2D eigenvalue weighted by atomic mass is 9.94. The lowest BCUT2D eigenvalue weighted by molar-refractivity contribution is 0.594. The molecule has 2 N–H and O–H groups in total. The highest BCUT2D eigenvalue weighted by atomic mass is 19.1. The van der Waals surface area contributed by atoms with E-state index < -0.39 is 0 Å². The number of halogens is 1. The van der Waals surface area contributed by atoms with Crippen LogP contribution < -0.4 is 5.73 Å². The molecule has 1 unspecified atom stereocenters. The monoisotopic (exact) mass is 265 g/mol. The molecule has 0 fully saturated rings. The highest BCUT2D eigenvalue weighted by molar-refractivity contribution is 5.86. The molecule has 2 heteroatoms. The van der Waals surface area contributed by atoms with E-state index in [2.05, 4.69) is 18.2 Å². The van der Waals surface area contributed by atoms with Gasteiger partial charge in [-0.2, -0.15) is 0 Å². The maximum absolute atomic E-state index is 13.7. The van der Waals surface area contributed by atoms with Crippen molar-refractivity contribution in [3.05, 3.63) is 83.7 Å². The second kappa shape index (κ2) is 5.43. The highest BCUT2D eigenvalue weighted by Crippen LogP contribution is 2.25. The lowest BCUT2D eigenvalue weighted by Gasteiger charge is -2.15. The largest absolute Gasteiger partial charge is 0.324 e. The molecule has 20 heavy (non-hydrogen) atoms. The summed E-state index contributed by atoms with van der Waals surface area (Å²) in [6.07, 6.45) is 0.501. The Hall–Kier alpha value is -2.19. The Labute approximate surface area is 117 Å². The summed E-state index contributed by atoms with van der Waals surface area (Å²) in [5.41, 5.74) is 8.02. The second-order valence-corrected chi connectivity index (χ2v) is 4.97. The summed E-state index contributed by atoms with van der Waals surface area (Å²) in [5, 5.41) is 2.30. The molecule has 0 radical (unpaired) electrons. The van der Waals surface area contributed by atoms with Gasteiger partial charge in [-0.25, -0.2) is 4.39 Å². The van der Waals surface area contributed by atoms with E-state index in [1.54, 1.807) is 12.1 Å². The van der Waals surface area contributed by atoms with E-state index in [1.165, 1.54) is 6.07 Å². The zero-order valence-electron chi connectivity index (χ0n) is 11.1. The first-order valence-electron chi connectivity index (χ1n) is 6.72. The first kappa shape index (κ1) is 12.8. The minimum absolute atomic E-state index is 0.191. The van der Waals surface area contributed by atoms with Crippen LogP contribution in [0.4, 0.5) is 4.39 Å². The predicted octanol–water partition coefficient (Wildman–Crippen LogP) is 4.22. The van der Waals surface area contributed by atoms with Crippen LogP contribution in [0.15, 0.2) is 66.7 Å². The normalized spacial score (nSPS) is 12.5. The van der Waals surface area contributed by atoms with E-state index in [0.29, 0.717) is 12.0 Å². The first-order chi connectivity index (χ1) is 9.75. The zero-order valence-corrected chi connectivity index (χ0v) is 11.1. The molecule has 3 aromatic carbocycles. The Bertz CT molecular complexity index is 731. The van der Waals surface area contributed by atoms with E-state index in [4.69, 9.17) is 5.73 Å². The molecular formula is C18H16FN. The molecule has 0 amide bonds. The molecule has 0 saturated carbocycles. The van der Waals surface area contributed by atoms with Crippen molar-refractivity contribution in [3.63, 3.8) is 0 Å². The smallest absolute Gasteiger partial charge is 0.126 e. The Balaban J connectivity index is 1.97. The number of fused-ring (bicyclic) bond motifs is 1. The van der Waals surface area contributed by atoms with Crippen LogP contribution in [0.3, 0.4) is 0 Å². The predicted molar refractivity (Wildman–Crippen MR) is 81.0 cm³/mol. The molecule has 3 rings (SSSR count). The molecule has 0 spiro atoms. The maximum atomic E-state index is 13.7. The summed E-state index contributed by atoms with van der Waals surface area (Å²) in [6, 6.07) is 20.8. The average Bonchev–Trinajstić information content (AvgIpc) is 2.49. The van der Waals surface area contributed by atoms with Gasteiger partial charge in [0.15, 0.2) is 0 Å². The van der Waals surface area contributed by atoms with Gasteiger partial charge < -0.3 is 5.73 Å². The number of benzene rings is 3. The standard InChI is InChI=1S/C18H16FN/c19-17-11-4-2-7-14(17)12-18(20)16-10-5-8-13-6-1-3-9-15(13)16/h1-11,18H,12,20H2. The van der Waals surface area contributed by atoms with Gasteiger partial charge >= 0.3 is 0 Å². The summed E-state index contributed by atoms with van der Waals surface area (Å²) in [5.74, 6) is -0.191. The van der Waals surface area contributed by atoms with Crippen molar-refractivity contribution in [1.82, 2.24) is 0 Å². The first-order valence-corrected chi connectivity index (χ1v) is 6.72. The molecule has 100 valence electrons. The quantitative estimate of drug-likeness (QED) is 0.753. The fraction of sp³-hybridized carbons (Fsp3) is 0.111. The van der Waals surface area contributed by atoms with Crippen LogP contribution in [-0.4, -0.2) is 0 Å². The highest BCUT2D eigenvalue weighted by Gasteiger charge is 2.12. The van der Waals surface area contributed by atoms with Gasteiger partial charge in [0.05, 0.1) is 0 Å². The summed E-state index contributed by atoms with van der Waals surface area (Å²) in [6.45, 7) is 0. The van der Waals surface area contributed by atoms with Gasteiger partial charge in [-0.15, -0.1) is 0 Å². The number of rotatable bonds is 3. The lowest BCUT2D eigenvalue weighted by Crippen LogP contribution is -2.14. The molecule has 0 aliphatic rings. The van der Waals surface area contributed by atoms with Crippen molar-refractivity contribution in [1.29, 1.82) is 0 Å². The second-order valence-electron chi connectivity index (χ2n) is 4.97. The fourth-order valence-electron chi connectivity index (χ4n) is 2.58. The maximum Gasteiger partial charge on any atom is 0.126 e. The Morgan fingerprint density at radius 2 is 1.55 bits per heavy atom. The number of hydrogen-bond donors (Lipinski definition) is 1. The van der Waals surface area contributed by atoms with E-state index in [1.807, 2.05) is 30.3 Å². The molecule has 0 aliphatic heterocycles. The third-order valence-corrected chi connectivity index (χ3v) is 3.62. The van der Waals surface area contributed by atoms with Crippen LogP contribution in [0.2, 0.25) is 0 Å². The van der Waals surface area contributed by atoms with Crippen LogP contribution >= 0.6 is 0 Å². The van der Waals surface area contributed by atoms with E-state index >= 15 is 0 Å². The molecule has 0 aliphatic carbocycles. The van der Waals surface area contributed by atoms with Crippen molar-refractivity contribution in [3.8, 4) is 0 Å². The van der Waals surface area contributed by atoms with Crippen molar-refractivity contribution in [2.45, 2.75) is 12.5 Å². The summed E-state index contributed by atoms with van der Waals surface area (Å²) in [4.78, 5) is 0. The average molecular weight is 265 g/mol. The van der Waals surface area contributed by atoms with Crippen molar-refractivity contribution in [2.75, 3.05) is 0 Å². The zero-order chi connectivity index (χ0) is 13.9. The third kappa shape index (κ3) is 2.43. The minimum Gasteiger partial charge on any atom is -0.324 e. The Morgan fingerprint density at radius 1 is 0.850 bits per heavy atom. The van der Waals surface area contributed by atoms with Gasteiger partial charge in [-0.3, -0.25) is 0 Å². The summed E-state index contributed by atoms with van der Waals surface area (Å²) in [7, 11) is 0. The fourth-order valence-corrected chi connectivity index (χ4v) is 2.58. The van der Waals surface area contributed by atoms with E-state index in [-0.39, 0.29) is 11.9 Å². The van der Waals surface area contributed by atoms with Crippen molar-refractivity contribution < 1.29 is 4.39 Å². The van der Waals surface area contributed by atoms with Gasteiger partial charge in [0.25, 0.3) is 0 Å². The van der Waals surface area contributed by atoms with Crippen LogP contribution in [-0.2, 0) is 6.42 Å². The van der Waals surface area contributed by atoms with Crippen LogP contribution in [0.5, 0.6) is 0 Å². The summed E-state index contributed by atoms with van der Waals surface area (Å²) < 4.78 is 13.7. The molecular weight excluding hydrogens is 249 g/mol. The Kier molecular flexibility index (Phi) is 3.48. The van der Waals surface area contributed by atoms with Gasteiger partial charge in [-0.05, 0) is 34.4 Å². The van der Waals surface area contributed by atoms with Crippen LogP contribution in [0.1, 0.15) is 17.2 Å². The van der Waals surface area contributed by atoms with E-state index in [0.717, 1.165) is 16.3 Å². The molecule has 0 heterocycles. The van der Waals surface area contributed by atoms with Gasteiger partial charge in [0.2, 0.25) is 0 Å². The molecule has 1 nitrogen and oxygen atoms in total. The van der Waals surface area contributed by atoms with Gasteiger partial charge in [0, 0.05) is 6.04 Å². The molecule has 0 aromatic heterocycles. The summed E-state index contributed by atoms with van der Waals surface area (Å²) >= 11 is 0. The SMILES string of the molecule is NC(Cc1ccccc1F)c1cccc2ccccc12. The van der Waals surface area contributed by atoms with Crippen LogP contribution in [0, 0.1) is 5.82 Å². The molecule has 0 bridgehead atoms. The Morgan fingerprint density at radius 3 is 2.40 bits per heavy atom.